The molecule has 34 heavy (non-hydrogen) atoms. The maximum atomic E-state index is 13.1. The molecule has 7 nitrogen and oxygen atoms in total. The van der Waals surface area contributed by atoms with E-state index in [4.69, 9.17) is 14.2 Å². The Kier molecular flexibility index (Phi) is 7.34. The van der Waals surface area contributed by atoms with Crippen LogP contribution in [0.2, 0.25) is 0 Å². The van der Waals surface area contributed by atoms with Crippen LogP contribution in [0.5, 0.6) is 5.75 Å². The summed E-state index contributed by atoms with van der Waals surface area (Å²) < 4.78 is 15.7. The van der Waals surface area contributed by atoms with E-state index in [1.807, 2.05) is 60.7 Å². The molecule has 1 aliphatic heterocycles. The first-order valence-corrected chi connectivity index (χ1v) is 10.9. The summed E-state index contributed by atoms with van der Waals surface area (Å²) in [5, 5.41) is 6.02. The van der Waals surface area contributed by atoms with E-state index >= 15 is 0 Å². The van der Waals surface area contributed by atoms with Gasteiger partial charge < -0.3 is 14.2 Å². The summed E-state index contributed by atoms with van der Waals surface area (Å²) in [4.78, 5) is 25.7. The van der Waals surface area contributed by atoms with E-state index < -0.39 is 18.5 Å². The maximum Gasteiger partial charge on any atom is 0.338 e. The predicted molar refractivity (Wildman–Crippen MR) is 128 cm³/mol. The van der Waals surface area contributed by atoms with Crippen molar-refractivity contribution in [2.45, 2.75) is 19.1 Å². The fourth-order valence-electron chi connectivity index (χ4n) is 3.86. The third kappa shape index (κ3) is 5.32. The van der Waals surface area contributed by atoms with Gasteiger partial charge in [-0.15, -0.1) is 0 Å². The highest BCUT2D eigenvalue weighted by atomic mass is 16.5. The van der Waals surface area contributed by atoms with Gasteiger partial charge in [0.1, 0.15) is 5.75 Å². The Balaban J connectivity index is 1.51. The molecule has 0 aliphatic carbocycles. The van der Waals surface area contributed by atoms with Crippen molar-refractivity contribution in [2.24, 2.45) is 5.10 Å². The zero-order valence-corrected chi connectivity index (χ0v) is 19.1. The second kappa shape index (κ2) is 10.8. The first-order valence-electron chi connectivity index (χ1n) is 10.9. The number of ether oxygens (including phenoxy) is 3. The second-order valence-corrected chi connectivity index (χ2v) is 7.85. The van der Waals surface area contributed by atoms with Crippen LogP contribution in [0.4, 0.5) is 0 Å². The topological polar surface area (TPSA) is 77.4 Å². The van der Waals surface area contributed by atoms with Gasteiger partial charge >= 0.3 is 5.97 Å². The van der Waals surface area contributed by atoms with Gasteiger partial charge in [-0.2, -0.15) is 5.10 Å². The van der Waals surface area contributed by atoms with Crippen molar-refractivity contribution in [3.8, 4) is 5.75 Å². The molecule has 174 valence electrons. The lowest BCUT2D eigenvalue weighted by atomic mass is 9.98. The number of methoxy groups -OCH3 is 2. The van der Waals surface area contributed by atoms with Crippen molar-refractivity contribution in [3.63, 3.8) is 0 Å². The average molecular weight is 459 g/mol. The van der Waals surface area contributed by atoms with E-state index in [2.05, 4.69) is 5.10 Å². The van der Waals surface area contributed by atoms with Crippen molar-refractivity contribution >= 4 is 17.6 Å². The van der Waals surface area contributed by atoms with Crippen molar-refractivity contribution < 1.29 is 23.8 Å². The molecule has 3 aromatic rings. The minimum Gasteiger partial charge on any atom is -0.497 e. The Bertz CT molecular complexity index is 1180. The molecule has 0 N–H and O–H groups in total. The number of hydrogen-bond donors (Lipinski definition) is 0. The first-order chi connectivity index (χ1) is 16.6. The molecule has 0 aromatic heterocycles. The van der Waals surface area contributed by atoms with E-state index in [1.54, 1.807) is 32.4 Å². The molecule has 0 bridgehead atoms. The molecule has 1 aliphatic rings. The molecule has 7 heteroatoms. The summed E-state index contributed by atoms with van der Waals surface area (Å²) in [5.41, 5.74) is 3.88. The summed E-state index contributed by atoms with van der Waals surface area (Å²) in [5.74, 6) is -0.236. The van der Waals surface area contributed by atoms with Gasteiger partial charge in [-0.25, -0.2) is 9.80 Å². The van der Waals surface area contributed by atoms with Gasteiger partial charge in [-0.05, 0) is 41.0 Å². The first kappa shape index (κ1) is 23.2. The molecule has 0 saturated heterocycles. The van der Waals surface area contributed by atoms with E-state index in [-0.39, 0.29) is 6.04 Å². The molecular weight excluding hydrogens is 432 g/mol. The highest BCUT2D eigenvalue weighted by Crippen LogP contribution is 2.33. The van der Waals surface area contributed by atoms with E-state index in [0.29, 0.717) is 18.6 Å². The third-order valence-electron chi connectivity index (χ3n) is 5.57. The van der Waals surface area contributed by atoms with Crippen LogP contribution in [-0.4, -0.2) is 43.4 Å². The van der Waals surface area contributed by atoms with Crippen LogP contribution >= 0.6 is 0 Å². The third-order valence-corrected chi connectivity index (χ3v) is 5.57. The van der Waals surface area contributed by atoms with Crippen molar-refractivity contribution in [1.29, 1.82) is 0 Å². The number of nitrogens with zero attached hydrogens (tertiary/aromatic N) is 2. The molecular formula is C27H26N2O5. The molecule has 1 unspecified atom stereocenters. The van der Waals surface area contributed by atoms with E-state index in [1.165, 1.54) is 5.01 Å². The van der Waals surface area contributed by atoms with Crippen LogP contribution in [0.3, 0.4) is 0 Å². The number of hydrazone groups is 1. The number of amides is 1. The highest BCUT2D eigenvalue weighted by molar-refractivity contribution is 6.03. The fraction of sp³-hybridized carbons (Fsp3) is 0.222. The predicted octanol–water partition coefficient (Wildman–Crippen LogP) is 4.38. The summed E-state index contributed by atoms with van der Waals surface area (Å²) in [6, 6.07) is 23.9. The normalized spacial score (nSPS) is 15.1. The minimum atomic E-state index is -0.571. The van der Waals surface area contributed by atoms with Gasteiger partial charge in [-0.1, -0.05) is 54.6 Å². The Morgan fingerprint density at radius 3 is 2.44 bits per heavy atom. The summed E-state index contributed by atoms with van der Waals surface area (Å²) in [6.45, 7) is -0.0279. The molecule has 3 aromatic carbocycles. The number of esters is 1. The van der Waals surface area contributed by atoms with Gasteiger partial charge in [0.15, 0.2) is 6.61 Å². The van der Waals surface area contributed by atoms with Crippen molar-refractivity contribution in [2.75, 3.05) is 20.8 Å². The monoisotopic (exact) mass is 458 g/mol. The van der Waals surface area contributed by atoms with Crippen molar-refractivity contribution in [1.82, 2.24) is 5.01 Å². The van der Waals surface area contributed by atoms with Crippen LogP contribution in [0.1, 0.15) is 39.5 Å². The van der Waals surface area contributed by atoms with Crippen molar-refractivity contribution in [3.05, 3.63) is 101 Å². The van der Waals surface area contributed by atoms with Crippen LogP contribution in [-0.2, 0) is 20.9 Å². The number of hydrogen-bond acceptors (Lipinski definition) is 6. The number of carbonyl (C=O) groups excluding carboxylic acids is 2. The standard InChI is InChI=1S/C27H26N2O5/c1-32-17-19-7-6-10-22(15-19)27(31)34-18-26(30)29-25(21-11-13-23(33-2)14-12-21)16-24(28-29)20-8-4-3-5-9-20/h3-15,25H,16-18H2,1-2H3. The van der Waals surface area contributed by atoms with Crippen LogP contribution in [0, 0.1) is 0 Å². The minimum absolute atomic E-state index is 0.308. The van der Waals surface area contributed by atoms with E-state index in [9.17, 15) is 9.59 Å². The highest BCUT2D eigenvalue weighted by Gasteiger charge is 2.33. The Hall–Kier alpha value is -3.97. The summed E-state index contributed by atoms with van der Waals surface area (Å²) in [6.07, 6.45) is 0.551. The molecule has 0 spiro atoms. The zero-order chi connectivity index (χ0) is 23.9. The van der Waals surface area contributed by atoms with E-state index in [0.717, 1.165) is 28.2 Å². The van der Waals surface area contributed by atoms with Crippen LogP contribution in [0.25, 0.3) is 0 Å². The largest absolute Gasteiger partial charge is 0.497 e. The SMILES string of the molecule is COCc1cccc(C(=O)OCC(=O)N2N=C(c3ccccc3)CC2c2ccc(OC)cc2)c1. The smallest absolute Gasteiger partial charge is 0.338 e. The average Bonchev–Trinajstić information content (AvgIpc) is 3.34. The second-order valence-electron chi connectivity index (χ2n) is 7.85. The molecule has 0 fully saturated rings. The molecule has 0 saturated carbocycles. The Morgan fingerprint density at radius 2 is 1.74 bits per heavy atom. The molecule has 1 heterocycles. The lowest BCUT2D eigenvalue weighted by Gasteiger charge is -2.22. The zero-order valence-electron chi connectivity index (χ0n) is 19.1. The quantitative estimate of drug-likeness (QED) is 0.468. The molecule has 1 amide bonds. The van der Waals surface area contributed by atoms with Gasteiger partial charge in [0.2, 0.25) is 0 Å². The lowest BCUT2D eigenvalue weighted by Crippen LogP contribution is -2.31. The Morgan fingerprint density at radius 1 is 0.971 bits per heavy atom. The van der Waals surface area contributed by atoms with Crippen LogP contribution < -0.4 is 4.74 Å². The van der Waals surface area contributed by atoms with Gasteiger partial charge in [0.05, 0.1) is 31.0 Å². The maximum absolute atomic E-state index is 13.1. The van der Waals surface area contributed by atoms with Gasteiger partial charge in [0.25, 0.3) is 5.91 Å². The molecule has 0 radical (unpaired) electrons. The number of benzene rings is 3. The Labute approximate surface area is 198 Å². The van der Waals surface area contributed by atoms with Crippen LogP contribution in [0.15, 0.2) is 84.0 Å². The van der Waals surface area contributed by atoms with Gasteiger partial charge in [0, 0.05) is 13.5 Å². The summed E-state index contributed by atoms with van der Waals surface area (Å²) >= 11 is 0. The lowest BCUT2D eigenvalue weighted by molar-refractivity contribution is -0.136. The number of rotatable bonds is 8. The summed E-state index contributed by atoms with van der Waals surface area (Å²) in [7, 11) is 3.19. The fourth-order valence-corrected chi connectivity index (χ4v) is 3.86. The number of carbonyl (C=O) groups is 2. The van der Waals surface area contributed by atoms with Gasteiger partial charge in [-0.3, -0.25) is 4.79 Å². The molecule has 4 rings (SSSR count). The molecule has 1 atom stereocenters.